The van der Waals surface area contributed by atoms with Gasteiger partial charge in [0.25, 0.3) is 60.7 Å². The van der Waals surface area contributed by atoms with Gasteiger partial charge < -0.3 is 20.1 Å². The summed E-state index contributed by atoms with van der Waals surface area (Å²) in [5.41, 5.74) is -1.70. The fourth-order valence-corrected chi connectivity index (χ4v) is 13.0. The van der Waals surface area contributed by atoms with E-state index < -0.39 is 148 Å². The first-order chi connectivity index (χ1) is 39.8. The van der Waals surface area contributed by atoms with Gasteiger partial charge in [-0.3, -0.25) is 27.3 Å². The van der Waals surface area contributed by atoms with E-state index in [0.717, 1.165) is 47.9 Å². The Labute approximate surface area is 486 Å². The maximum Gasteiger partial charge on any atom is 0.425 e. The Morgan fingerprint density at radius 2 is 1.15 bits per heavy atom. The van der Waals surface area contributed by atoms with Crippen LogP contribution in [-0.4, -0.2) is 139 Å². The summed E-state index contributed by atoms with van der Waals surface area (Å²) in [5.74, 6) is -2.52. The highest BCUT2D eigenvalue weighted by molar-refractivity contribution is 7.87. The molecule has 0 aliphatic rings. The molecule has 0 saturated heterocycles. The second-order valence-electron chi connectivity index (χ2n) is 16.6. The first kappa shape index (κ1) is 66.7. The first-order valence-corrected chi connectivity index (χ1v) is 32.7. The maximum atomic E-state index is 12.9. The minimum Gasteiger partial charge on any atom is -0.505 e. The molecule has 0 fully saturated rings. The number of aromatic hydroxyl groups is 2. The molecule has 8 rings (SSSR count). The smallest absolute Gasteiger partial charge is 0.425 e. The number of fused-ring (bicyclic) bond motifs is 3. The van der Waals surface area contributed by atoms with Crippen LogP contribution in [0.4, 0.5) is 33.6 Å². The predicted octanol–water partition coefficient (Wildman–Crippen LogP) is 5.55. The molecular formula is C42H33N9O27S8. The number of benzene rings is 6. The molecule has 0 radical (unpaired) electrons. The summed E-state index contributed by atoms with van der Waals surface area (Å²) in [6.45, 7) is 0.518. The number of carbonyl (C=O) groups excluding carboxylic acids is 2. The number of aliphatic hydroxyl groups is 1. The molecule has 0 spiro atoms. The van der Waals surface area contributed by atoms with Gasteiger partial charge in [0, 0.05) is 33.2 Å². The fourth-order valence-electron chi connectivity index (χ4n) is 7.56. The SMILES string of the molecule is Cc1cc(N=Nc2ccc3c(S(=O)(=O)O)c(N=Nc4cnn(-c5cc(S(=O)(=O)O)c6cc(S(=O)(=O)O)cc(S(=O)(=O)O)c6c5)c4O)ccc3c2O)c(OCCCS(=O)(=O)O)cc1N=Nc1nc2ccc(CO)c(S(=O)(=O)O)c2s1.O=C=O.O=S(=O)=O. The van der Waals surface area contributed by atoms with E-state index in [2.05, 4.69) is 40.8 Å². The highest BCUT2D eigenvalue weighted by atomic mass is 32.2. The summed E-state index contributed by atoms with van der Waals surface area (Å²) in [4.78, 5) is 15.3. The van der Waals surface area contributed by atoms with E-state index >= 15 is 0 Å². The lowest BCUT2D eigenvalue weighted by Gasteiger charge is -2.13. The molecule has 0 amide bonds. The van der Waals surface area contributed by atoms with Crippen molar-refractivity contribution in [1.82, 2.24) is 14.8 Å². The van der Waals surface area contributed by atoms with Crippen molar-refractivity contribution in [3.05, 3.63) is 90.1 Å². The van der Waals surface area contributed by atoms with Gasteiger partial charge in [0.2, 0.25) is 11.0 Å². The third-order valence-corrected chi connectivity index (χ3v) is 17.4. The van der Waals surface area contributed by atoms with Crippen LogP contribution >= 0.6 is 11.3 Å². The van der Waals surface area contributed by atoms with Gasteiger partial charge in [-0.05, 0) is 73.5 Å². The molecule has 0 aliphatic carbocycles. The quantitative estimate of drug-likeness (QED) is 0.0289. The molecule has 0 unspecified atom stereocenters. The van der Waals surface area contributed by atoms with E-state index in [9.17, 15) is 93.1 Å². The van der Waals surface area contributed by atoms with Crippen LogP contribution in [0.2, 0.25) is 0 Å². The van der Waals surface area contributed by atoms with Crippen molar-refractivity contribution >= 4 is 154 Å². The normalized spacial score (nSPS) is 12.6. The topological polar surface area (TPSA) is 586 Å². The van der Waals surface area contributed by atoms with Crippen LogP contribution in [0.25, 0.3) is 37.4 Å². The number of aromatic nitrogens is 3. The van der Waals surface area contributed by atoms with Gasteiger partial charge in [0.05, 0.1) is 51.7 Å². The van der Waals surface area contributed by atoms with Gasteiger partial charge in [-0.1, -0.05) is 23.5 Å². The van der Waals surface area contributed by atoms with Crippen LogP contribution in [0.5, 0.6) is 17.4 Å². The zero-order valence-electron chi connectivity index (χ0n) is 42.0. The predicted molar refractivity (Wildman–Crippen MR) is 288 cm³/mol. The van der Waals surface area contributed by atoms with Crippen molar-refractivity contribution < 1.29 is 120 Å². The summed E-state index contributed by atoms with van der Waals surface area (Å²) in [5, 5.41) is 57.7. The summed E-state index contributed by atoms with van der Waals surface area (Å²) in [7, 11) is -33.7. The molecule has 9 N–H and O–H groups in total. The van der Waals surface area contributed by atoms with E-state index in [1.54, 1.807) is 6.92 Å². The fraction of sp³-hybridized carbons (Fsp3) is 0.119. The van der Waals surface area contributed by atoms with Crippen molar-refractivity contribution in [2.24, 2.45) is 30.7 Å². The van der Waals surface area contributed by atoms with Crippen molar-refractivity contribution in [1.29, 1.82) is 0 Å². The van der Waals surface area contributed by atoms with Crippen LogP contribution in [0.3, 0.4) is 0 Å². The number of phenolic OH excluding ortho intramolecular Hbond substituents is 1. The molecule has 456 valence electrons. The molecule has 86 heavy (non-hydrogen) atoms. The van der Waals surface area contributed by atoms with Gasteiger partial charge in [0.1, 0.15) is 42.4 Å². The van der Waals surface area contributed by atoms with E-state index in [0.29, 0.717) is 22.4 Å². The highest BCUT2D eigenvalue weighted by Crippen LogP contribution is 2.45. The van der Waals surface area contributed by atoms with Gasteiger partial charge in [-0.15, -0.1) is 43.3 Å². The maximum absolute atomic E-state index is 12.9. The van der Waals surface area contributed by atoms with E-state index in [-0.39, 0.29) is 79.7 Å². The Balaban J connectivity index is 0.00000161. The molecule has 44 heteroatoms. The highest BCUT2D eigenvalue weighted by Gasteiger charge is 2.28. The number of azo groups is 3. The summed E-state index contributed by atoms with van der Waals surface area (Å²) in [6.07, 6.45) is 0.811. The number of nitrogens with zero attached hydrogens (tertiary/aromatic N) is 9. The lowest BCUT2D eigenvalue weighted by molar-refractivity contribution is -0.191. The van der Waals surface area contributed by atoms with Crippen molar-refractivity contribution in [3.8, 4) is 23.1 Å². The Morgan fingerprint density at radius 1 is 0.605 bits per heavy atom. The number of rotatable bonds is 18. The number of phenols is 1. The van der Waals surface area contributed by atoms with Crippen LogP contribution in [0, 0.1) is 6.92 Å². The Hall–Kier alpha value is -8.44. The van der Waals surface area contributed by atoms with Gasteiger partial charge in [-0.2, -0.15) is 69.9 Å². The molecule has 0 aliphatic heterocycles. The number of hydrogen-bond acceptors (Lipinski definition) is 30. The first-order valence-electron chi connectivity index (χ1n) is 22.1. The molecule has 6 aromatic carbocycles. The third-order valence-electron chi connectivity index (χ3n) is 11.0. The Morgan fingerprint density at radius 3 is 1.73 bits per heavy atom. The van der Waals surface area contributed by atoms with Crippen LogP contribution in [0.15, 0.2) is 134 Å². The molecule has 0 saturated carbocycles. The zero-order valence-corrected chi connectivity index (χ0v) is 48.5. The van der Waals surface area contributed by atoms with Crippen molar-refractivity contribution in [2.45, 2.75) is 44.4 Å². The number of aliphatic hydroxyl groups excluding tert-OH is 1. The molecule has 8 aromatic rings. The minimum absolute atomic E-state index is 0.0155. The minimum atomic E-state index is -5.42. The average molecular weight is 1350 g/mol. The lowest BCUT2D eigenvalue weighted by Crippen LogP contribution is -2.08. The summed E-state index contributed by atoms with van der Waals surface area (Å²) < 4.78 is 237. The Bertz CT molecular complexity index is 5060. The molecule has 0 bridgehead atoms. The number of ether oxygens (including phenoxy) is 1. The van der Waals surface area contributed by atoms with E-state index in [1.807, 2.05) is 0 Å². The van der Waals surface area contributed by atoms with Gasteiger partial charge in [-0.25, -0.2) is 4.98 Å². The average Bonchev–Trinajstić information content (AvgIpc) is 1.15. The molecule has 0 atom stereocenters. The second-order valence-corrected chi connectivity index (χ2v) is 26.5. The van der Waals surface area contributed by atoms with Crippen LogP contribution in [0.1, 0.15) is 17.5 Å². The molecule has 36 nitrogen and oxygen atoms in total. The number of thiazole rings is 1. The summed E-state index contributed by atoms with van der Waals surface area (Å²) >= 11 is 0.731. The lowest BCUT2D eigenvalue weighted by atomic mass is 10.1. The Kier molecular flexibility index (Phi) is 19.9. The van der Waals surface area contributed by atoms with Crippen LogP contribution < -0.4 is 4.74 Å². The molecule has 2 heterocycles. The summed E-state index contributed by atoms with van der Waals surface area (Å²) in [6, 6.07) is 11.7. The van der Waals surface area contributed by atoms with E-state index in [4.69, 9.17) is 27.0 Å². The number of hydrogen-bond donors (Lipinski definition) is 9. The van der Waals surface area contributed by atoms with Gasteiger partial charge >= 0.3 is 16.8 Å². The van der Waals surface area contributed by atoms with Gasteiger partial charge in [0.15, 0.2) is 11.4 Å². The monoisotopic (exact) mass is 1350 g/mol. The zero-order chi connectivity index (χ0) is 64.2. The largest absolute Gasteiger partial charge is 0.505 e. The third kappa shape index (κ3) is 15.9. The standard InChI is InChI=1S/C41H33N9O22S7.CO2.O3S/c1-19-11-31(33(72-9-2-10-74(54,55)56)16-30(19)46-49-41-43-28-6-3-20(18-51)38(37(28)73-41)78(66,67)68)47-44-27-7-5-24-23(36(27)52)4-8-29(39(24)79(69,70)71)45-48-32-17-42-50(40(32)53)21-12-25-26(34(13-21)76(60,61)62)14-22(75(57,58)59)15-35(25)77(63,64)65;2-1-3;1-4(2)3/h3-8,11-17,51-53H,2,9-10,18H2,1H3,(H,54,55,56)(H,57,58,59)(H,60,61,62)(H,63,64,65)(H,66,67,68)(H,69,70,71);;. The van der Waals surface area contributed by atoms with Crippen LogP contribution in [-0.2, 0) is 87.5 Å². The second kappa shape index (κ2) is 25.6. The van der Waals surface area contributed by atoms with Crippen molar-refractivity contribution in [2.75, 3.05) is 12.4 Å². The van der Waals surface area contributed by atoms with Crippen molar-refractivity contribution in [3.63, 3.8) is 0 Å². The number of aryl methyl sites for hydroxylation is 1. The molecule has 2 aromatic heterocycles. The van der Waals surface area contributed by atoms with E-state index in [1.165, 1.54) is 24.3 Å². The molecular weight excluding hydrogens is 1320 g/mol.